The topological polar surface area (TPSA) is 101 Å². The number of amides is 1. The predicted octanol–water partition coefficient (Wildman–Crippen LogP) is -0.295. The number of carbonyl (C=O) groups excluding carboxylic acids is 1. The monoisotopic (exact) mass is 293 g/mol. The number of carbonyl (C=O) groups is 1. The standard InChI is InChI=1S/C10H15N3O3S.ClH/c1-12-17(15,16)9-4-2-8(3-5-9)10(14)13-7-6-11;/h2-5,12H,6-7,11H2,1H3,(H,13,14);1H. The van der Waals surface area contributed by atoms with Gasteiger partial charge in [-0.05, 0) is 31.3 Å². The number of benzene rings is 1. The van der Waals surface area contributed by atoms with Gasteiger partial charge in [-0.2, -0.15) is 0 Å². The third kappa shape index (κ3) is 4.26. The Bertz CT molecular complexity index is 488. The number of halogens is 1. The Hall–Kier alpha value is -1.15. The molecule has 0 atom stereocenters. The first-order valence-corrected chi connectivity index (χ1v) is 6.51. The second-order valence-electron chi connectivity index (χ2n) is 3.28. The van der Waals surface area contributed by atoms with Gasteiger partial charge in [0.25, 0.3) is 5.91 Å². The average Bonchev–Trinajstić information content (AvgIpc) is 2.36. The molecular weight excluding hydrogens is 278 g/mol. The molecule has 0 aromatic heterocycles. The predicted molar refractivity (Wildman–Crippen MR) is 71.3 cm³/mol. The molecule has 0 saturated heterocycles. The van der Waals surface area contributed by atoms with Crippen LogP contribution in [-0.2, 0) is 10.0 Å². The van der Waals surface area contributed by atoms with E-state index >= 15 is 0 Å². The quantitative estimate of drug-likeness (QED) is 0.694. The Balaban J connectivity index is 0.00000289. The molecule has 1 aromatic carbocycles. The minimum atomic E-state index is -3.46. The molecule has 4 N–H and O–H groups in total. The fourth-order valence-corrected chi connectivity index (χ4v) is 1.92. The van der Waals surface area contributed by atoms with E-state index in [1.807, 2.05) is 0 Å². The van der Waals surface area contributed by atoms with Crippen molar-refractivity contribution in [3.63, 3.8) is 0 Å². The van der Waals surface area contributed by atoms with Gasteiger partial charge in [0.15, 0.2) is 0 Å². The molecule has 0 heterocycles. The number of sulfonamides is 1. The summed E-state index contributed by atoms with van der Waals surface area (Å²) in [5.74, 6) is -0.274. The van der Waals surface area contributed by atoms with Gasteiger partial charge in [0.1, 0.15) is 0 Å². The summed E-state index contributed by atoms with van der Waals surface area (Å²) in [6.07, 6.45) is 0. The van der Waals surface area contributed by atoms with Crippen LogP contribution in [0, 0.1) is 0 Å². The van der Waals surface area contributed by atoms with E-state index in [1.54, 1.807) is 0 Å². The van der Waals surface area contributed by atoms with Crippen molar-refractivity contribution >= 4 is 28.3 Å². The molecule has 1 aromatic rings. The Morgan fingerprint density at radius 1 is 1.28 bits per heavy atom. The van der Waals surface area contributed by atoms with E-state index in [0.717, 1.165) is 0 Å². The minimum absolute atomic E-state index is 0. The van der Waals surface area contributed by atoms with E-state index in [-0.39, 0.29) is 23.2 Å². The highest BCUT2D eigenvalue weighted by Gasteiger charge is 2.12. The molecule has 102 valence electrons. The molecular formula is C10H16ClN3O3S. The van der Waals surface area contributed by atoms with Gasteiger partial charge in [-0.15, -0.1) is 12.4 Å². The van der Waals surface area contributed by atoms with Crippen LogP contribution in [0.2, 0.25) is 0 Å². The van der Waals surface area contributed by atoms with Gasteiger partial charge >= 0.3 is 0 Å². The molecule has 0 aliphatic rings. The van der Waals surface area contributed by atoms with Crippen LogP contribution in [0.5, 0.6) is 0 Å². The smallest absolute Gasteiger partial charge is 0.251 e. The van der Waals surface area contributed by atoms with E-state index in [4.69, 9.17) is 5.73 Å². The molecule has 0 saturated carbocycles. The van der Waals surface area contributed by atoms with Crippen molar-refractivity contribution in [2.75, 3.05) is 20.1 Å². The molecule has 0 spiro atoms. The SMILES string of the molecule is CNS(=O)(=O)c1ccc(C(=O)NCCN)cc1.Cl. The first-order chi connectivity index (χ1) is 8.01. The molecule has 0 unspecified atom stereocenters. The van der Waals surface area contributed by atoms with E-state index < -0.39 is 10.0 Å². The average molecular weight is 294 g/mol. The lowest BCUT2D eigenvalue weighted by Gasteiger charge is -2.05. The van der Waals surface area contributed by atoms with Crippen molar-refractivity contribution < 1.29 is 13.2 Å². The third-order valence-electron chi connectivity index (χ3n) is 2.13. The van der Waals surface area contributed by atoms with Crippen molar-refractivity contribution in [3.05, 3.63) is 29.8 Å². The molecule has 0 fully saturated rings. The summed E-state index contributed by atoms with van der Waals surface area (Å²) in [6.45, 7) is 0.743. The van der Waals surface area contributed by atoms with Crippen LogP contribution in [0.25, 0.3) is 0 Å². The van der Waals surface area contributed by atoms with Gasteiger partial charge in [0.2, 0.25) is 10.0 Å². The molecule has 8 heteroatoms. The van der Waals surface area contributed by atoms with Crippen molar-refractivity contribution in [1.82, 2.24) is 10.0 Å². The van der Waals surface area contributed by atoms with Gasteiger partial charge in [-0.1, -0.05) is 0 Å². The summed E-state index contributed by atoms with van der Waals surface area (Å²) in [7, 11) is -2.13. The van der Waals surface area contributed by atoms with Crippen molar-refractivity contribution in [2.45, 2.75) is 4.90 Å². The minimum Gasteiger partial charge on any atom is -0.351 e. The molecule has 0 radical (unpaired) electrons. The number of rotatable bonds is 5. The summed E-state index contributed by atoms with van der Waals surface area (Å²) in [4.78, 5) is 11.6. The van der Waals surface area contributed by atoms with E-state index in [2.05, 4.69) is 10.0 Å². The molecule has 0 aliphatic heterocycles. The van der Waals surface area contributed by atoms with E-state index in [9.17, 15) is 13.2 Å². The molecule has 0 aliphatic carbocycles. The number of nitrogens with two attached hydrogens (primary N) is 1. The van der Waals surface area contributed by atoms with Crippen LogP contribution in [0.1, 0.15) is 10.4 Å². The van der Waals surface area contributed by atoms with E-state index in [0.29, 0.717) is 18.7 Å². The van der Waals surface area contributed by atoms with Crippen LogP contribution < -0.4 is 15.8 Å². The normalized spacial score (nSPS) is 10.6. The highest BCUT2D eigenvalue weighted by Crippen LogP contribution is 2.09. The molecule has 6 nitrogen and oxygen atoms in total. The summed E-state index contributed by atoms with van der Waals surface area (Å²) in [5.41, 5.74) is 5.65. The number of nitrogens with one attached hydrogen (secondary N) is 2. The Kier molecular flexibility index (Phi) is 6.85. The summed E-state index contributed by atoms with van der Waals surface area (Å²) >= 11 is 0. The van der Waals surface area contributed by atoms with Crippen molar-refractivity contribution in [3.8, 4) is 0 Å². The van der Waals surface area contributed by atoms with Crippen LogP contribution >= 0.6 is 12.4 Å². The third-order valence-corrected chi connectivity index (χ3v) is 3.56. The highest BCUT2D eigenvalue weighted by molar-refractivity contribution is 7.89. The van der Waals surface area contributed by atoms with Crippen LogP contribution in [0.3, 0.4) is 0 Å². The van der Waals surface area contributed by atoms with Gasteiger partial charge in [-0.3, -0.25) is 4.79 Å². The molecule has 0 bridgehead atoms. The Morgan fingerprint density at radius 3 is 2.28 bits per heavy atom. The molecule has 18 heavy (non-hydrogen) atoms. The lowest BCUT2D eigenvalue weighted by molar-refractivity contribution is 0.0954. The largest absolute Gasteiger partial charge is 0.351 e. The van der Waals surface area contributed by atoms with Gasteiger partial charge in [0, 0.05) is 18.7 Å². The van der Waals surface area contributed by atoms with Crippen LogP contribution in [0.15, 0.2) is 29.2 Å². The van der Waals surface area contributed by atoms with E-state index in [1.165, 1.54) is 31.3 Å². The summed E-state index contributed by atoms with van der Waals surface area (Å²) in [5, 5.41) is 2.59. The number of hydrogen-bond donors (Lipinski definition) is 3. The first kappa shape index (κ1) is 16.9. The Morgan fingerprint density at radius 2 is 1.83 bits per heavy atom. The maximum Gasteiger partial charge on any atom is 0.251 e. The zero-order valence-electron chi connectivity index (χ0n) is 9.84. The van der Waals surface area contributed by atoms with Gasteiger partial charge in [0.05, 0.1) is 4.90 Å². The lowest BCUT2D eigenvalue weighted by atomic mass is 10.2. The maximum absolute atomic E-state index is 11.5. The summed E-state index contributed by atoms with van der Waals surface area (Å²) < 4.78 is 25.0. The second-order valence-corrected chi connectivity index (χ2v) is 5.16. The van der Waals surface area contributed by atoms with Crippen LogP contribution in [0.4, 0.5) is 0 Å². The fraction of sp³-hybridized carbons (Fsp3) is 0.300. The van der Waals surface area contributed by atoms with Gasteiger partial charge in [-0.25, -0.2) is 13.1 Å². The Labute approximate surface area is 112 Å². The molecule has 1 rings (SSSR count). The summed E-state index contributed by atoms with van der Waals surface area (Å²) in [6, 6.07) is 5.67. The van der Waals surface area contributed by atoms with Crippen molar-refractivity contribution in [1.29, 1.82) is 0 Å². The van der Waals surface area contributed by atoms with Gasteiger partial charge < -0.3 is 11.1 Å². The zero-order valence-corrected chi connectivity index (χ0v) is 11.5. The lowest BCUT2D eigenvalue weighted by Crippen LogP contribution is -2.29. The molecule has 1 amide bonds. The zero-order chi connectivity index (χ0) is 12.9. The number of hydrogen-bond acceptors (Lipinski definition) is 4. The maximum atomic E-state index is 11.5. The highest BCUT2D eigenvalue weighted by atomic mass is 35.5. The van der Waals surface area contributed by atoms with Crippen LogP contribution in [-0.4, -0.2) is 34.5 Å². The first-order valence-electron chi connectivity index (χ1n) is 5.03. The fourth-order valence-electron chi connectivity index (χ4n) is 1.19. The van der Waals surface area contributed by atoms with Crippen molar-refractivity contribution in [2.24, 2.45) is 5.73 Å². The second kappa shape index (κ2) is 7.32.